The van der Waals surface area contributed by atoms with E-state index in [0.29, 0.717) is 0 Å². The van der Waals surface area contributed by atoms with E-state index in [2.05, 4.69) is 29.5 Å². The van der Waals surface area contributed by atoms with Crippen molar-refractivity contribution in [3.05, 3.63) is 29.3 Å². The number of nitrogens with zero attached hydrogens (tertiary/aromatic N) is 1. The summed E-state index contributed by atoms with van der Waals surface area (Å²) >= 11 is 0. The molecule has 0 saturated heterocycles. The Balaban J connectivity index is 2.94. The predicted octanol–water partition coefficient (Wildman–Crippen LogP) is 2.27. The van der Waals surface area contributed by atoms with Crippen molar-refractivity contribution in [2.45, 2.75) is 33.1 Å². The maximum Gasteiger partial charge on any atom is 0.326 e. The van der Waals surface area contributed by atoms with Crippen LogP contribution in [0.15, 0.2) is 23.2 Å². The molecule has 19 heavy (non-hydrogen) atoms. The third-order valence-corrected chi connectivity index (χ3v) is 2.86. The molecular formula is C14H22N4O. The fourth-order valence-corrected chi connectivity index (χ4v) is 1.90. The lowest BCUT2D eigenvalue weighted by atomic mass is 10.0. The van der Waals surface area contributed by atoms with Crippen molar-refractivity contribution in [1.29, 1.82) is 0 Å². The van der Waals surface area contributed by atoms with Crippen molar-refractivity contribution in [3.63, 3.8) is 0 Å². The van der Waals surface area contributed by atoms with Crippen LogP contribution in [0.5, 0.6) is 0 Å². The van der Waals surface area contributed by atoms with Crippen LogP contribution in [0.2, 0.25) is 0 Å². The van der Waals surface area contributed by atoms with Gasteiger partial charge in [0.2, 0.25) is 0 Å². The molecule has 0 spiro atoms. The number of urea groups is 1. The molecule has 5 nitrogen and oxygen atoms in total. The van der Waals surface area contributed by atoms with Gasteiger partial charge in [0, 0.05) is 12.7 Å². The molecule has 0 saturated carbocycles. The van der Waals surface area contributed by atoms with Gasteiger partial charge in [-0.1, -0.05) is 38.5 Å². The third-order valence-electron chi connectivity index (χ3n) is 2.86. The zero-order chi connectivity index (χ0) is 14.3. The molecular weight excluding hydrogens is 240 g/mol. The molecule has 0 aliphatic rings. The Morgan fingerprint density at radius 3 is 2.58 bits per heavy atom. The summed E-state index contributed by atoms with van der Waals surface area (Å²) in [7, 11) is 1.53. The first-order valence-corrected chi connectivity index (χ1v) is 6.53. The second kappa shape index (κ2) is 7.41. The summed E-state index contributed by atoms with van der Waals surface area (Å²) < 4.78 is 0. The second-order valence-corrected chi connectivity index (χ2v) is 4.24. The Kier molecular flexibility index (Phi) is 5.85. The summed E-state index contributed by atoms with van der Waals surface area (Å²) in [5.74, 6) is 0.100. The smallest absolute Gasteiger partial charge is 0.326 e. The lowest BCUT2D eigenvalue weighted by molar-refractivity contribution is 0.256. The van der Waals surface area contributed by atoms with Crippen molar-refractivity contribution >= 4 is 17.7 Å². The highest BCUT2D eigenvalue weighted by Gasteiger charge is 2.10. The van der Waals surface area contributed by atoms with Crippen molar-refractivity contribution < 1.29 is 4.79 Å². The zero-order valence-corrected chi connectivity index (χ0v) is 11.8. The number of carbonyl (C=O) groups excluding carboxylic acids is 1. The number of rotatable bonds is 4. The summed E-state index contributed by atoms with van der Waals surface area (Å²) in [6, 6.07) is 5.72. The first-order valence-electron chi connectivity index (χ1n) is 6.53. The number of anilines is 1. The van der Waals surface area contributed by atoms with Crippen LogP contribution in [0.25, 0.3) is 0 Å². The number of para-hydroxylation sites is 1. The maximum absolute atomic E-state index is 11.8. The van der Waals surface area contributed by atoms with Gasteiger partial charge in [-0.2, -0.15) is 0 Å². The van der Waals surface area contributed by atoms with Gasteiger partial charge in [-0.15, -0.1) is 0 Å². The van der Waals surface area contributed by atoms with Crippen molar-refractivity contribution in [2.75, 3.05) is 12.4 Å². The molecule has 0 radical (unpaired) electrons. The number of carbonyl (C=O) groups is 1. The molecule has 1 aromatic rings. The quantitative estimate of drug-likeness (QED) is 0.575. The van der Waals surface area contributed by atoms with Gasteiger partial charge in [-0.25, -0.2) is 4.79 Å². The highest BCUT2D eigenvalue weighted by molar-refractivity contribution is 6.02. The molecule has 0 aliphatic carbocycles. The zero-order valence-electron chi connectivity index (χ0n) is 11.8. The number of nitrogens with two attached hydrogens (primary N) is 1. The van der Waals surface area contributed by atoms with E-state index < -0.39 is 0 Å². The number of aliphatic imine (C=N–C) groups is 1. The fraction of sp³-hybridized carbons (Fsp3) is 0.429. The molecule has 0 aliphatic heterocycles. The number of hydrogen-bond donors (Lipinski definition) is 3. The molecule has 0 atom stereocenters. The summed E-state index contributed by atoms with van der Waals surface area (Å²) in [6.45, 7) is 4.18. The van der Waals surface area contributed by atoms with Crippen molar-refractivity contribution in [2.24, 2.45) is 10.7 Å². The summed E-state index contributed by atoms with van der Waals surface area (Å²) in [4.78, 5) is 15.5. The average molecular weight is 262 g/mol. The lowest BCUT2D eigenvalue weighted by Crippen LogP contribution is -2.39. The number of aryl methyl sites for hydroxylation is 2. The van der Waals surface area contributed by atoms with Crippen LogP contribution in [0, 0.1) is 0 Å². The van der Waals surface area contributed by atoms with Gasteiger partial charge in [0.15, 0.2) is 5.96 Å². The van der Waals surface area contributed by atoms with Crippen LogP contribution >= 0.6 is 0 Å². The molecule has 0 unspecified atom stereocenters. The lowest BCUT2D eigenvalue weighted by Gasteiger charge is -2.15. The van der Waals surface area contributed by atoms with Crippen LogP contribution in [0.1, 0.15) is 31.4 Å². The Hall–Kier alpha value is -2.04. The van der Waals surface area contributed by atoms with Crippen LogP contribution < -0.4 is 16.4 Å². The first-order chi connectivity index (χ1) is 9.12. The number of benzene rings is 1. The minimum absolute atomic E-state index is 0.100. The molecule has 5 heteroatoms. The SMILES string of the molecule is CCCc1cccc(CC)c1NC(=O)NC(N)=NC. The standard InChI is InChI=1S/C14H22N4O/c1-4-7-11-9-6-8-10(5-2)12(11)17-14(19)18-13(15)16-3/h6,8-9H,4-5,7H2,1-3H3,(H4,15,16,17,18,19). The molecule has 0 fully saturated rings. The summed E-state index contributed by atoms with van der Waals surface area (Å²) in [5, 5.41) is 5.35. The number of amides is 2. The Morgan fingerprint density at radius 2 is 2.00 bits per heavy atom. The maximum atomic E-state index is 11.8. The van der Waals surface area contributed by atoms with E-state index in [1.807, 2.05) is 18.2 Å². The van der Waals surface area contributed by atoms with E-state index in [9.17, 15) is 4.79 Å². The normalized spacial score (nSPS) is 11.2. The van der Waals surface area contributed by atoms with E-state index in [4.69, 9.17) is 5.73 Å². The van der Waals surface area contributed by atoms with Gasteiger partial charge in [0.05, 0.1) is 0 Å². The minimum atomic E-state index is -0.360. The van der Waals surface area contributed by atoms with E-state index >= 15 is 0 Å². The van der Waals surface area contributed by atoms with Gasteiger partial charge in [0.25, 0.3) is 0 Å². The van der Waals surface area contributed by atoms with E-state index in [1.165, 1.54) is 7.05 Å². The van der Waals surface area contributed by atoms with E-state index in [0.717, 1.165) is 36.1 Å². The topological polar surface area (TPSA) is 79.5 Å². The number of nitrogens with one attached hydrogen (secondary N) is 2. The van der Waals surface area contributed by atoms with E-state index in [-0.39, 0.29) is 12.0 Å². The van der Waals surface area contributed by atoms with Gasteiger partial charge < -0.3 is 11.1 Å². The number of hydrogen-bond acceptors (Lipinski definition) is 2. The van der Waals surface area contributed by atoms with Gasteiger partial charge in [0.1, 0.15) is 0 Å². The van der Waals surface area contributed by atoms with Gasteiger partial charge >= 0.3 is 6.03 Å². The highest BCUT2D eigenvalue weighted by Crippen LogP contribution is 2.23. The monoisotopic (exact) mass is 262 g/mol. The Labute approximate surface area is 114 Å². The molecule has 4 N–H and O–H groups in total. The van der Waals surface area contributed by atoms with Crippen LogP contribution in [0.3, 0.4) is 0 Å². The Bertz CT molecular complexity index is 469. The second-order valence-electron chi connectivity index (χ2n) is 4.24. The summed E-state index contributed by atoms with van der Waals surface area (Å²) in [5.41, 5.74) is 8.62. The molecule has 2 amide bonds. The van der Waals surface area contributed by atoms with Crippen molar-refractivity contribution in [3.8, 4) is 0 Å². The summed E-state index contributed by atoms with van der Waals surface area (Å²) in [6.07, 6.45) is 2.83. The fourth-order valence-electron chi connectivity index (χ4n) is 1.90. The van der Waals surface area contributed by atoms with Gasteiger partial charge in [-0.3, -0.25) is 10.3 Å². The average Bonchev–Trinajstić information content (AvgIpc) is 2.40. The van der Waals surface area contributed by atoms with Crippen molar-refractivity contribution in [1.82, 2.24) is 5.32 Å². The van der Waals surface area contributed by atoms with Crippen LogP contribution in [-0.2, 0) is 12.8 Å². The highest BCUT2D eigenvalue weighted by atomic mass is 16.2. The van der Waals surface area contributed by atoms with Crippen LogP contribution in [-0.4, -0.2) is 19.0 Å². The van der Waals surface area contributed by atoms with Crippen LogP contribution in [0.4, 0.5) is 10.5 Å². The van der Waals surface area contributed by atoms with E-state index in [1.54, 1.807) is 0 Å². The largest absolute Gasteiger partial charge is 0.370 e. The molecule has 0 heterocycles. The molecule has 1 aromatic carbocycles. The first kappa shape index (κ1) is 15.0. The minimum Gasteiger partial charge on any atom is -0.370 e. The van der Waals surface area contributed by atoms with Gasteiger partial charge in [-0.05, 0) is 24.0 Å². The number of guanidine groups is 1. The molecule has 104 valence electrons. The molecule has 0 aromatic heterocycles. The molecule has 0 bridgehead atoms. The third kappa shape index (κ3) is 4.28. The Morgan fingerprint density at radius 1 is 1.32 bits per heavy atom. The molecule has 1 rings (SSSR count). The predicted molar refractivity (Wildman–Crippen MR) is 79.5 cm³/mol.